The number of rotatable bonds is 2. The molecule has 1 heterocycles. The van der Waals surface area contributed by atoms with Crippen LogP contribution in [0.5, 0.6) is 0 Å². The quantitative estimate of drug-likeness (QED) is 0.775. The third-order valence-corrected chi connectivity index (χ3v) is 2.97. The number of halogens is 1. The summed E-state index contributed by atoms with van der Waals surface area (Å²) in [5.41, 5.74) is 6.19. The van der Waals surface area contributed by atoms with Gasteiger partial charge in [-0.1, -0.05) is 12.1 Å². The molecule has 2 rings (SSSR count). The summed E-state index contributed by atoms with van der Waals surface area (Å²) in [6.45, 7) is 1.98. The zero-order valence-electron chi connectivity index (χ0n) is 9.53. The maximum absolute atomic E-state index is 13.2. The number of hydrogen-bond acceptors (Lipinski definition) is 3. The molecule has 0 aliphatic carbocycles. The number of nitrogens with two attached hydrogens (primary N) is 1. The molecule has 1 unspecified atom stereocenters. The van der Waals surface area contributed by atoms with E-state index < -0.39 is 0 Å². The molecule has 1 aromatic rings. The van der Waals surface area contributed by atoms with Crippen molar-refractivity contribution in [3.05, 3.63) is 35.6 Å². The summed E-state index contributed by atoms with van der Waals surface area (Å²) in [6.07, 6.45) is 0. The van der Waals surface area contributed by atoms with E-state index in [-0.39, 0.29) is 24.3 Å². The Balaban J connectivity index is 2.24. The summed E-state index contributed by atoms with van der Waals surface area (Å²) in [7, 11) is 0. The molecule has 0 spiro atoms. The van der Waals surface area contributed by atoms with Gasteiger partial charge in [-0.15, -0.1) is 0 Å². The highest BCUT2D eigenvalue weighted by Gasteiger charge is 2.26. The third-order valence-electron chi connectivity index (χ3n) is 2.97. The molecule has 0 aromatic heterocycles. The van der Waals surface area contributed by atoms with Crippen LogP contribution in [0.2, 0.25) is 0 Å². The molecule has 1 fully saturated rings. The van der Waals surface area contributed by atoms with Crippen molar-refractivity contribution < 1.29 is 9.18 Å². The number of piperazine rings is 1. The number of carbonyl (C=O) groups is 1. The first kappa shape index (κ1) is 12.0. The van der Waals surface area contributed by atoms with Crippen LogP contribution in [-0.2, 0) is 4.79 Å². The minimum Gasteiger partial charge on any atom is -0.332 e. The van der Waals surface area contributed by atoms with Crippen LogP contribution in [0.3, 0.4) is 0 Å². The van der Waals surface area contributed by atoms with E-state index in [1.54, 1.807) is 11.0 Å². The molecular weight excluding hydrogens is 221 g/mol. The lowest BCUT2D eigenvalue weighted by molar-refractivity contribution is -0.133. The maximum atomic E-state index is 13.2. The maximum Gasteiger partial charge on any atom is 0.236 e. The Bertz CT molecular complexity index is 410. The summed E-state index contributed by atoms with van der Waals surface area (Å²) in [5, 5.41) is 3.20. The first-order chi connectivity index (χ1) is 8.22. The molecule has 1 aliphatic heterocycles. The molecule has 1 saturated heterocycles. The SMILES string of the molecule is NCC(=O)N1CCNCC1c1cccc(F)c1. The van der Waals surface area contributed by atoms with E-state index in [1.165, 1.54) is 12.1 Å². The van der Waals surface area contributed by atoms with Crippen LogP contribution in [0.4, 0.5) is 4.39 Å². The van der Waals surface area contributed by atoms with Crippen LogP contribution in [-0.4, -0.2) is 37.0 Å². The Kier molecular flexibility index (Phi) is 3.71. The van der Waals surface area contributed by atoms with Crippen molar-refractivity contribution in [3.8, 4) is 0 Å². The standard InChI is InChI=1S/C12H16FN3O/c13-10-3-1-2-9(6-10)11-8-15-4-5-16(11)12(17)7-14/h1-3,6,11,15H,4-5,7-8,14H2. The summed E-state index contributed by atoms with van der Waals surface area (Å²) in [6, 6.07) is 6.22. The zero-order valence-corrected chi connectivity index (χ0v) is 9.53. The van der Waals surface area contributed by atoms with Crippen molar-refractivity contribution in [1.82, 2.24) is 10.2 Å². The van der Waals surface area contributed by atoms with Crippen molar-refractivity contribution in [3.63, 3.8) is 0 Å². The van der Waals surface area contributed by atoms with Crippen LogP contribution >= 0.6 is 0 Å². The van der Waals surface area contributed by atoms with Crippen molar-refractivity contribution in [2.75, 3.05) is 26.2 Å². The molecule has 92 valence electrons. The van der Waals surface area contributed by atoms with Crippen LogP contribution in [0.25, 0.3) is 0 Å². The summed E-state index contributed by atoms with van der Waals surface area (Å²) >= 11 is 0. The fraction of sp³-hybridized carbons (Fsp3) is 0.417. The fourth-order valence-corrected chi connectivity index (χ4v) is 2.13. The van der Waals surface area contributed by atoms with Gasteiger partial charge in [0.15, 0.2) is 0 Å². The highest BCUT2D eigenvalue weighted by molar-refractivity contribution is 5.78. The second-order valence-corrected chi connectivity index (χ2v) is 4.07. The lowest BCUT2D eigenvalue weighted by Crippen LogP contribution is -2.50. The number of hydrogen-bond donors (Lipinski definition) is 2. The van der Waals surface area contributed by atoms with Gasteiger partial charge in [-0.3, -0.25) is 4.79 Å². The summed E-state index contributed by atoms with van der Waals surface area (Å²) in [4.78, 5) is 13.4. The normalized spacial score (nSPS) is 20.4. The predicted molar refractivity (Wildman–Crippen MR) is 62.8 cm³/mol. The number of benzene rings is 1. The fourth-order valence-electron chi connectivity index (χ4n) is 2.13. The smallest absolute Gasteiger partial charge is 0.236 e. The van der Waals surface area contributed by atoms with E-state index >= 15 is 0 Å². The van der Waals surface area contributed by atoms with Crippen molar-refractivity contribution in [2.45, 2.75) is 6.04 Å². The van der Waals surface area contributed by atoms with Gasteiger partial charge < -0.3 is 16.0 Å². The van der Waals surface area contributed by atoms with E-state index in [1.807, 2.05) is 6.07 Å². The summed E-state index contributed by atoms with van der Waals surface area (Å²) in [5.74, 6) is -0.381. The van der Waals surface area contributed by atoms with Gasteiger partial charge in [-0.05, 0) is 17.7 Å². The monoisotopic (exact) mass is 237 g/mol. The number of amides is 1. The van der Waals surface area contributed by atoms with Crippen LogP contribution < -0.4 is 11.1 Å². The predicted octanol–water partition coefficient (Wildman–Crippen LogP) is 0.257. The average Bonchev–Trinajstić information content (AvgIpc) is 2.38. The van der Waals surface area contributed by atoms with E-state index in [0.29, 0.717) is 13.1 Å². The highest BCUT2D eigenvalue weighted by atomic mass is 19.1. The van der Waals surface area contributed by atoms with Gasteiger partial charge >= 0.3 is 0 Å². The van der Waals surface area contributed by atoms with Gasteiger partial charge in [-0.25, -0.2) is 4.39 Å². The molecule has 3 N–H and O–H groups in total. The van der Waals surface area contributed by atoms with Gasteiger partial charge in [0.05, 0.1) is 12.6 Å². The highest BCUT2D eigenvalue weighted by Crippen LogP contribution is 2.22. The largest absolute Gasteiger partial charge is 0.332 e. The molecule has 1 amide bonds. The Hall–Kier alpha value is -1.46. The first-order valence-corrected chi connectivity index (χ1v) is 5.68. The van der Waals surface area contributed by atoms with Crippen molar-refractivity contribution >= 4 is 5.91 Å². The van der Waals surface area contributed by atoms with Crippen molar-refractivity contribution in [2.24, 2.45) is 5.73 Å². The Morgan fingerprint density at radius 3 is 3.12 bits per heavy atom. The molecule has 17 heavy (non-hydrogen) atoms. The Labute approximate surface area is 99.6 Å². The van der Waals surface area contributed by atoms with Crippen molar-refractivity contribution in [1.29, 1.82) is 0 Å². The molecular formula is C12H16FN3O. The Morgan fingerprint density at radius 1 is 1.59 bits per heavy atom. The van der Waals surface area contributed by atoms with Crippen LogP contribution in [0, 0.1) is 5.82 Å². The van der Waals surface area contributed by atoms with E-state index in [4.69, 9.17) is 5.73 Å². The second-order valence-electron chi connectivity index (χ2n) is 4.07. The topological polar surface area (TPSA) is 58.4 Å². The lowest BCUT2D eigenvalue weighted by Gasteiger charge is -2.36. The van der Waals surface area contributed by atoms with E-state index in [2.05, 4.69) is 5.32 Å². The second kappa shape index (κ2) is 5.25. The van der Waals surface area contributed by atoms with Gasteiger partial charge in [0.25, 0.3) is 0 Å². The average molecular weight is 237 g/mol. The third kappa shape index (κ3) is 2.62. The number of nitrogens with zero attached hydrogens (tertiary/aromatic N) is 1. The van der Waals surface area contributed by atoms with Gasteiger partial charge in [-0.2, -0.15) is 0 Å². The molecule has 0 radical (unpaired) electrons. The van der Waals surface area contributed by atoms with Crippen LogP contribution in [0.1, 0.15) is 11.6 Å². The molecule has 0 saturated carbocycles. The molecule has 1 atom stereocenters. The Morgan fingerprint density at radius 2 is 2.41 bits per heavy atom. The first-order valence-electron chi connectivity index (χ1n) is 5.68. The van der Waals surface area contributed by atoms with Gasteiger partial charge in [0.2, 0.25) is 5.91 Å². The zero-order chi connectivity index (χ0) is 12.3. The molecule has 1 aromatic carbocycles. The van der Waals surface area contributed by atoms with Gasteiger partial charge in [0.1, 0.15) is 5.82 Å². The number of carbonyl (C=O) groups excluding carboxylic acids is 1. The van der Waals surface area contributed by atoms with E-state index in [9.17, 15) is 9.18 Å². The lowest BCUT2D eigenvalue weighted by atomic mass is 10.0. The minimum absolute atomic E-state index is 0.00812. The molecule has 5 heteroatoms. The van der Waals surface area contributed by atoms with E-state index in [0.717, 1.165) is 12.1 Å². The molecule has 4 nitrogen and oxygen atoms in total. The summed E-state index contributed by atoms with van der Waals surface area (Å²) < 4.78 is 13.2. The van der Waals surface area contributed by atoms with Crippen LogP contribution in [0.15, 0.2) is 24.3 Å². The van der Waals surface area contributed by atoms with Gasteiger partial charge in [0, 0.05) is 19.6 Å². The minimum atomic E-state index is -0.284. The number of nitrogens with one attached hydrogen (secondary N) is 1. The molecule has 0 bridgehead atoms. The molecule has 1 aliphatic rings.